The first-order valence-corrected chi connectivity index (χ1v) is 9.43. The number of nitrogens with one attached hydrogen (secondary N) is 2. The molecule has 10 heteroatoms. The number of hydrogen-bond donors (Lipinski definition) is 2. The van der Waals surface area contributed by atoms with E-state index in [2.05, 4.69) is 10.6 Å². The number of carbonyl (C=O) groups is 2. The van der Waals surface area contributed by atoms with E-state index in [1.165, 1.54) is 24.7 Å². The van der Waals surface area contributed by atoms with Crippen molar-refractivity contribution in [3.8, 4) is 5.75 Å². The molecule has 0 aliphatic carbocycles. The molecule has 0 spiro atoms. The lowest BCUT2D eigenvalue weighted by Crippen LogP contribution is -2.22. The smallest absolute Gasteiger partial charge is 0.418 e. The zero-order valence-corrected chi connectivity index (χ0v) is 16.6. The maximum absolute atomic E-state index is 13.5. The summed E-state index contributed by atoms with van der Waals surface area (Å²) in [6.07, 6.45) is -2.33. The van der Waals surface area contributed by atoms with Gasteiger partial charge in [-0.1, -0.05) is 18.2 Å². The van der Waals surface area contributed by atoms with Gasteiger partial charge in [0.2, 0.25) is 5.91 Å². The molecule has 1 aromatic heterocycles. The normalized spacial score (nSPS) is 11.1. The third-order valence-electron chi connectivity index (χ3n) is 4.11. The summed E-state index contributed by atoms with van der Waals surface area (Å²) < 4.78 is 55.7. The molecular formula is C22H19F3N2O5. The third kappa shape index (κ3) is 6.61. The number of alkyl halides is 3. The standard InChI is InChI=1S/C22H19F3N2O5/c23-22(24,25)18-12-16(26-21(29)15-8-9-30-13-15)6-7-19(18)27-20(28)14-31-10-11-32-17-4-2-1-3-5-17/h1-9,12-13H,10-11,14H2,(H,26,29)(H,27,28). The van der Waals surface area contributed by atoms with E-state index in [0.29, 0.717) is 5.75 Å². The van der Waals surface area contributed by atoms with Gasteiger partial charge in [-0.15, -0.1) is 0 Å². The van der Waals surface area contributed by atoms with Crippen molar-refractivity contribution in [1.82, 2.24) is 0 Å². The number of furan rings is 1. The Bertz CT molecular complexity index is 1040. The molecule has 2 aromatic carbocycles. The first kappa shape index (κ1) is 22.9. The Hall–Kier alpha value is -3.79. The van der Waals surface area contributed by atoms with Crippen LogP contribution in [0.3, 0.4) is 0 Å². The van der Waals surface area contributed by atoms with Crippen LogP contribution in [0.25, 0.3) is 0 Å². The third-order valence-corrected chi connectivity index (χ3v) is 4.11. The summed E-state index contributed by atoms with van der Waals surface area (Å²) in [5.41, 5.74) is -1.49. The Morgan fingerprint density at radius 1 is 0.969 bits per heavy atom. The zero-order chi connectivity index (χ0) is 23.0. The van der Waals surface area contributed by atoms with Crippen LogP contribution >= 0.6 is 0 Å². The van der Waals surface area contributed by atoms with E-state index in [9.17, 15) is 22.8 Å². The second-order valence-electron chi connectivity index (χ2n) is 6.49. The number of amides is 2. The second kappa shape index (κ2) is 10.5. The highest BCUT2D eigenvalue weighted by molar-refractivity contribution is 6.04. The Labute approximate surface area is 181 Å². The van der Waals surface area contributed by atoms with Crippen molar-refractivity contribution in [2.45, 2.75) is 6.18 Å². The topological polar surface area (TPSA) is 89.8 Å². The molecule has 3 aromatic rings. The van der Waals surface area contributed by atoms with Gasteiger partial charge in [0, 0.05) is 5.69 Å². The fourth-order valence-electron chi connectivity index (χ4n) is 2.65. The highest BCUT2D eigenvalue weighted by Crippen LogP contribution is 2.36. The van der Waals surface area contributed by atoms with Crippen LogP contribution in [0.5, 0.6) is 5.75 Å². The number of para-hydroxylation sites is 1. The average Bonchev–Trinajstić information content (AvgIpc) is 3.30. The zero-order valence-electron chi connectivity index (χ0n) is 16.6. The molecule has 2 N–H and O–H groups in total. The fraction of sp³-hybridized carbons (Fsp3) is 0.182. The van der Waals surface area contributed by atoms with Crippen LogP contribution in [0.1, 0.15) is 15.9 Å². The second-order valence-corrected chi connectivity index (χ2v) is 6.49. The molecule has 32 heavy (non-hydrogen) atoms. The molecule has 0 radical (unpaired) electrons. The molecule has 0 saturated heterocycles. The van der Waals surface area contributed by atoms with Gasteiger partial charge in [-0.25, -0.2) is 0 Å². The molecule has 0 atom stereocenters. The molecule has 0 saturated carbocycles. The number of ether oxygens (including phenoxy) is 2. The van der Waals surface area contributed by atoms with Gasteiger partial charge < -0.3 is 24.5 Å². The molecule has 0 unspecified atom stereocenters. The van der Waals surface area contributed by atoms with E-state index in [1.807, 2.05) is 6.07 Å². The number of anilines is 2. The first-order chi connectivity index (χ1) is 15.3. The van der Waals surface area contributed by atoms with Gasteiger partial charge in [0.25, 0.3) is 5.91 Å². The van der Waals surface area contributed by atoms with Crippen molar-refractivity contribution in [1.29, 1.82) is 0 Å². The highest BCUT2D eigenvalue weighted by Gasteiger charge is 2.34. The molecule has 0 aliphatic heterocycles. The molecule has 3 rings (SSSR count). The van der Waals surface area contributed by atoms with Gasteiger partial charge in [-0.05, 0) is 36.4 Å². The lowest BCUT2D eigenvalue weighted by Gasteiger charge is -2.16. The number of hydrogen-bond acceptors (Lipinski definition) is 5. The molecule has 0 fully saturated rings. The number of rotatable bonds is 9. The van der Waals surface area contributed by atoms with Crippen LogP contribution in [-0.2, 0) is 15.7 Å². The molecule has 2 amide bonds. The predicted molar refractivity (Wildman–Crippen MR) is 109 cm³/mol. The van der Waals surface area contributed by atoms with Crippen LogP contribution in [-0.4, -0.2) is 31.6 Å². The monoisotopic (exact) mass is 448 g/mol. The molecule has 168 valence electrons. The number of benzene rings is 2. The minimum absolute atomic E-state index is 0.0768. The summed E-state index contributed by atoms with van der Waals surface area (Å²) in [4.78, 5) is 24.0. The number of halogens is 3. The average molecular weight is 448 g/mol. The van der Waals surface area contributed by atoms with Crippen LogP contribution in [0.15, 0.2) is 71.5 Å². The molecule has 7 nitrogen and oxygen atoms in total. The Morgan fingerprint density at radius 2 is 1.75 bits per heavy atom. The highest BCUT2D eigenvalue weighted by atomic mass is 19.4. The van der Waals surface area contributed by atoms with Crippen LogP contribution in [0, 0.1) is 0 Å². The minimum Gasteiger partial charge on any atom is -0.491 e. The first-order valence-electron chi connectivity index (χ1n) is 9.43. The molecule has 1 heterocycles. The summed E-state index contributed by atoms with van der Waals surface area (Å²) in [5, 5.41) is 4.53. The maximum atomic E-state index is 13.5. The van der Waals surface area contributed by atoms with Crippen molar-refractivity contribution < 1.29 is 36.7 Å². The largest absolute Gasteiger partial charge is 0.491 e. The van der Waals surface area contributed by atoms with E-state index < -0.39 is 35.8 Å². The maximum Gasteiger partial charge on any atom is 0.418 e. The Morgan fingerprint density at radius 3 is 2.44 bits per heavy atom. The molecular weight excluding hydrogens is 429 g/mol. The van der Waals surface area contributed by atoms with Crippen molar-refractivity contribution >= 4 is 23.2 Å². The van der Waals surface area contributed by atoms with Crippen molar-refractivity contribution in [3.05, 3.63) is 78.3 Å². The summed E-state index contributed by atoms with van der Waals surface area (Å²) in [6, 6.07) is 13.4. The van der Waals surface area contributed by atoms with Crippen LogP contribution in [0.4, 0.5) is 24.5 Å². The van der Waals surface area contributed by atoms with E-state index in [1.54, 1.807) is 24.3 Å². The van der Waals surface area contributed by atoms with Gasteiger partial charge >= 0.3 is 6.18 Å². The van der Waals surface area contributed by atoms with Gasteiger partial charge in [0.15, 0.2) is 0 Å². The predicted octanol–water partition coefficient (Wildman–Crippen LogP) is 4.58. The lowest BCUT2D eigenvalue weighted by molar-refractivity contribution is -0.137. The van der Waals surface area contributed by atoms with Crippen LogP contribution in [0.2, 0.25) is 0 Å². The van der Waals surface area contributed by atoms with Crippen LogP contribution < -0.4 is 15.4 Å². The Kier molecular flexibility index (Phi) is 7.50. The van der Waals surface area contributed by atoms with Crippen molar-refractivity contribution in [2.24, 2.45) is 0 Å². The van der Waals surface area contributed by atoms with E-state index in [-0.39, 0.29) is 24.5 Å². The van der Waals surface area contributed by atoms with Crippen molar-refractivity contribution in [2.75, 3.05) is 30.5 Å². The summed E-state index contributed by atoms with van der Waals surface area (Å²) >= 11 is 0. The molecule has 0 bridgehead atoms. The van der Waals surface area contributed by atoms with E-state index in [4.69, 9.17) is 13.9 Å². The minimum atomic E-state index is -4.76. The SMILES string of the molecule is O=C(COCCOc1ccccc1)Nc1ccc(NC(=O)c2ccoc2)cc1C(F)(F)F. The van der Waals surface area contributed by atoms with Gasteiger partial charge in [0.05, 0.1) is 29.7 Å². The van der Waals surface area contributed by atoms with Gasteiger partial charge in [-0.2, -0.15) is 13.2 Å². The summed E-state index contributed by atoms with van der Waals surface area (Å²) in [5.74, 6) is -0.754. The van der Waals surface area contributed by atoms with Gasteiger partial charge in [0.1, 0.15) is 25.2 Å². The van der Waals surface area contributed by atoms with E-state index in [0.717, 1.165) is 12.1 Å². The fourth-order valence-corrected chi connectivity index (χ4v) is 2.65. The molecule has 0 aliphatic rings. The number of carbonyl (C=O) groups excluding carboxylic acids is 2. The Balaban J connectivity index is 1.55. The van der Waals surface area contributed by atoms with Crippen molar-refractivity contribution in [3.63, 3.8) is 0 Å². The van der Waals surface area contributed by atoms with E-state index >= 15 is 0 Å². The quantitative estimate of drug-likeness (QED) is 0.468. The van der Waals surface area contributed by atoms with Gasteiger partial charge in [-0.3, -0.25) is 9.59 Å². The lowest BCUT2D eigenvalue weighted by atomic mass is 10.1. The summed E-state index contributed by atoms with van der Waals surface area (Å²) in [7, 11) is 0. The summed E-state index contributed by atoms with van der Waals surface area (Å²) in [6.45, 7) is -0.196.